The highest BCUT2D eigenvalue weighted by molar-refractivity contribution is 5.57. The Morgan fingerprint density at radius 1 is 1.00 bits per heavy atom. The monoisotopic (exact) mass is 246 g/mol. The summed E-state index contributed by atoms with van der Waals surface area (Å²) in [6, 6.07) is 0.641. The van der Waals surface area contributed by atoms with Crippen molar-refractivity contribution in [1.82, 2.24) is 9.97 Å². The van der Waals surface area contributed by atoms with Crippen LogP contribution in [0.1, 0.15) is 37.1 Å². The van der Waals surface area contributed by atoms with Crippen LogP contribution in [0, 0.1) is 25.7 Å². The third-order valence-electron chi connectivity index (χ3n) is 4.06. The number of hydrogen-bond acceptors (Lipinski definition) is 4. The molecule has 0 aromatic carbocycles. The Morgan fingerprint density at radius 2 is 1.56 bits per heavy atom. The zero-order chi connectivity index (χ0) is 12.7. The molecule has 2 N–H and O–H groups in total. The predicted molar refractivity (Wildman–Crippen MR) is 73.9 cm³/mol. The minimum Gasteiger partial charge on any atom is -0.373 e. The SMILES string of the molecule is CNc1nc(C)nc(NC(C2CC2)C2CC2)c1C. The van der Waals surface area contributed by atoms with Crippen LogP contribution >= 0.6 is 0 Å². The van der Waals surface area contributed by atoms with Crippen molar-refractivity contribution in [1.29, 1.82) is 0 Å². The average molecular weight is 246 g/mol. The second-order valence-corrected chi connectivity index (χ2v) is 5.69. The zero-order valence-electron chi connectivity index (χ0n) is 11.5. The van der Waals surface area contributed by atoms with E-state index in [0.717, 1.165) is 34.9 Å². The molecular weight excluding hydrogens is 224 g/mol. The van der Waals surface area contributed by atoms with E-state index >= 15 is 0 Å². The van der Waals surface area contributed by atoms with Crippen LogP contribution in [0.4, 0.5) is 11.6 Å². The smallest absolute Gasteiger partial charge is 0.134 e. The molecule has 4 nitrogen and oxygen atoms in total. The van der Waals surface area contributed by atoms with E-state index in [2.05, 4.69) is 27.5 Å². The summed E-state index contributed by atoms with van der Waals surface area (Å²) in [7, 11) is 1.91. The summed E-state index contributed by atoms with van der Waals surface area (Å²) in [4.78, 5) is 9.00. The van der Waals surface area contributed by atoms with Crippen molar-refractivity contribution in [3.8, 4) is 0 Å². The number of nitrogens with one attached hydrogen (secondary N) is 2. The van der Waals surface area contributed by atoms with Gasteiger partial charge in [0.25, 0.3) is 0 Å². The lowest BCUT2D eigenvalue weighted by atomic mass is 10.1. The fourth-order valence-corrected chi connectivity index (χ4v) is 2.70. The van der Waals surface area contributed by atoms with Crippen LogP contribution in [-0.4, -0.2) is 23.1 Å². The highest BCUT2D eigenvalue weighted by Crippen LogP contribution is 2.46. The number of nitrogens with zero attached hydrogens (tertiary/aromatic N) is 2. The van der Waals surface area contributed by atoms with E-state index in [4.69, 9.17) is 0 Å². The van der Waals surface area contributed by atoms with Crippen LogP contribution in [0.25, 0.3) is 0 Å². The van der Waals surface area contributed by atoms with Gasteiger partial charge in [-0.05, 0) is 51.4 Å². The molecule has 0 atom stereocenters. The first-order chi connectivity index (χ1) is 8.69. The van der Waals surface area contributed by atoms with Crippen molar-refractivity contribution in [3.05, 3.63) is 11.4 Å². The molecule has 3 rings (SSSR count). The van der Waals surface area contributed by atoms with Gasteiger partial charge in [0.2, 0.25) is 0 Å². The quantitative estimate of drug-likeness (QED) is 0.838. The minimum atomic E-state index is 0.641. The Morgan fingerprint density at radius 3 is 2.06 bits per heavy atom. The van der Waals surface area contributed by atoms with Crippen LogP contribution in [-0.2, 0) is 0 Å². The maximum absolute atomic E-state index is 4.58. The molecule has 0 bridgehead atoms. The Hall–Kier alpha value is -1.32. The number of aromatic nitrogens is 2. The predicted octanol–water partition coefficient (Wildman–Crippen LogP) is 2.74. The van der Waals surface area contributed by atoms with Gasteiger partial charge in [0.15, 0.2) is 0 Å². The third-order valence-corrected chi connectivity index (χ3v) is 4.06. The van der Waals surface area contributed by atoms with Gasteiger partial charge in [-0.1, -0.05) is 0 Å². The maximum atomic E-state index is 4.58. The van der Waals surface area contributed by atoms with Gasteiger partial charge < -0.3 is 10.6 Å². The Labute approximate surface area is 109 Å². The van der Waals surface area contributed by atoms with Gasteiger partial charge in [0, 0.05) is 18.7 Å². The van der Waals surface area contributed by atoms with Crippen molar-refractivity contribution in [2.24, 2.45) is 11.8 Å². The van der Waals surface area contributed by atoms with E-state index in [0.29, 0.717) is 6.04 Å². The fourth-order valence-electron chi connectivity index (χ4n) is 2.70. The molecule has 98 valence electrons. The van der Waals surface area contributed by atoms with E-state index in [1.807, 2.05) is 14.0 Å². The van der Waals surface area contributed by atoms with Crippen molar-refractivity contribution < 1.29 is 0 Å². The molecule has 2 fully saturated rings. The van der Waals surface area contributed by atoms with Crippen LogP contribution in [0.2, 0.25) is 0 Å². The first kappa shape index (κ1) is 11.8. The molecule has 4 heteroatoms. The topological polar surface area (TPSA) is 49.8 Å². The summed E-state index contributed by atoms with van der Waals surface area (Å²) in [5.74, 6) is 4.55. The zero-order valence-corrected chi connectivity index (χ0v) is 11.5. The van der Waals surface area contributed by atoms with Gasteiger partial charge in [0.1, 0.15) is 17.5 Å². The van der Waals surface area contributed by atoms with Gasteiger partial charge in [0.05, 0.1) is 0 Å². The van der Waals surface area contributed by atoms with Crippen molar-refractivity contribution in [3.63, 3.8) is 0 Å². The summed E-state index contributed by atoms with van der Waals surface area (Å²) in [5, 5.41) is 6.84. The minimum absolute atomic E-state index is 0.641. The first-order valence-corrected chi connectivity index (χ1v) is 6.98. The molecule has 18 heavy (non-hydrogen) atoms. The van der Waals surface area contributed by atoms with Crippen molar-refractivity contribution in [2.45, 2.75) is 45.6 Å². The van der Waals surface area contributed by atoms with Gasteiger partial charge in [-0.2, -0.15) is 0 Å². The van der Waals surface area contributed by atoms with Gasteiger partial charge >= 0.3 is 0 Å². The summed E-state index contributed by atoms with van der Waals surface area (Å²) >= 11 is 0. The van der Waals surface area contributed by atoms with Crippen molar-refractivity contribution >= 4 is 11.6 Å². The number of hydrogen-bond donors (Lipinski definition) is 2. The third kappa shape index (κ3) is 2.28. The van der Waals surface area contributed by atoms with E-state index in [-0.39, 0.29) is 0 Å². The normalized spacial score (nSPS) is 19.1. The van der Waals surface area contributed by atoms with Gasteiger partial charge in [-0.15, -0.1) is 0 Å². The van der Waals surface area contributed by atoms with Gasteiger partial charge in [-0.25, -0.2) is 9.97 Å². The number of aryl methyl sites for hydroxylation is 1. The molecule has 2 aliphatic rings. The summed E-state index contributed by atoms with van der Waals surface area (Å²) < 4.78 is 0. The lowest BCUT2D eigenvalue weighted by Crippen LogP contribution is -2.25. The molecule has 1 aromatic heterocycles. The van der Waals surface area contributed by atoms with Gasteiger partial charge in [-0.3, -0.25) is 0 Å². The van der Waals surface area contributed by atoms with Crippen LogP contribution < -0.4 is 10.6 Å². The Kier molecular flexibility index (Phi) is 2.88. The second kappa shape index (κ2) is 4.41. The standard InChI is InChI=1S/C14H22N4/c1-8-13(15-3)16-9(2)17-14(8)18-12(10-4-5-10)11-6-7-11/h10-12H,4-7H2,1-3H3,(H2,15,16,17,18). The molecule has 0 spiro atoms. The first-order valence-electron chi connectivity index (χ1n) is 6.98. The highest BCUT2D eigenvalue weighted by Gasteiger charge is 2.41. The summed E-state index contributed by atoms with van der Waals surface area (Å²) in [6.07, 6.45) is 5.54. The lowest BCUT2D eigenvalue weighted by Gasteiger charge is -2.20. The molecule has 0 saturated heterocycles. The molecule has 1 aromatic rings. The highest BCUT2D eigenvalue weighted by atomic mass is 15.1. The second-order valence-electron chi connectivity index (χ2n) is 5.69. The maximum Gasteiger partial charge on any atom is 0.134 e. The molecule has 0 amide bonds. The van der Waals surface area contributed by atoms with E-state index in [1.165, 1.54) is 25.7 Å². The molecule has 0 aliphatic heterocycles. The molecule has 2 aliphatic carbocycles. The van der Waals surface area contributed by atoms with Crippen LogP contribution in [0.5, 0.6) is 0 Å². The summed E-state index contributed by atoms with van der Waals surface area (Å²) in [6.45, 7) is 4.04. The number of anilines is 2. The molecular formula is C14H22N4. The average Bonchev–Trinajstić information content (AvgIpc) is 3.22. The molecule has 2 saturated carbocycles. The largest absolute Gasteiger partial charge is 0.373 e. The summed E-state index contributed by atoms with van der Waals surface area (Å²) in [5.41, 5.74) is 1.13. The van der Waals surface area contributed by atoms with Crippen LogP contribution in [0.3, 0.4) is 0 Å². The number of rotatable bonds is 5. The van der Waals surface area contributed by atoms with Crippen LogP contribution in [0.15, 0.2) is 0 Å². The van der Waals surface area contributed by atoms with E-state index < -0.39 is 0 Å². The molecule has 0 unspecified atom stereocenters. The Bertz CT molecular complexity index is 437. The lowest BCUT2D eigenvalue weighted by molar-refractivity contribution is 0.565. The molecule has 0 radical (unpaired) electrons. The van der Waals surface area contributed by atoms with E-state index in [1.54, 1.807) is 0 Å². The van der Waals surface area contributed by atoms with Crippen molar-refractivity contribution in [2.75, 3.05) is 17.7 Å². The fraction of sp³-hybridized carbons (Fsp3) is 0.714. The van der Waals surface area contributed by atoms with E-state index in [9.17, 15) is 0 Å². The molecule has 1 heterocycles. The Balaban J connectivity index is 1.84.